The van der Waals surface area contributed by atoms with Crippen LogP contribution < -0.4 is 16.8 Å². The van der Waals surface area contributed by atoms with E-state index in [1.165, 1.54) is 12.4 Å². The van der Waals surface area contributed by atoms with Crippen LogP contribution in [0.4, 0.5) is 11.5 Å². The molecule has 0 aliphatic carbocycles. The van der Waals surface area contributed by atoms with Gasteiger partial charge in [-0.2, -0.15) is 0 Å². The number of rotatable bonds is 6. The number of anilines is 2. The maximum Gasteiger partial charge on any atom is 0.271 e. The molecule has 0 saturated heterocycles. The van der Waals surface area contributed by atoms with Crippen molar-refractivity contribution in [1.29, 1.82) is 0 Å². The minimum absolute atomic E-state index is 0.0790. The molecule has 0 fully saturated rings. The summed E-state index contributed by atoms with van der Waals surface area (Å²) in [6, 6.07) is 7.36. The fraction of sp³-hybridized carbons (Fsp3) is 0.143. The van der Waals surface area contributed by atoms with Gasteiger partial charge in [-0.15, -0.1) is 0 Å². The SMILES string of the molecule is NC(=O)CCc1ccc(Nc2nccnc2C(N)=O)cc1. The van der Waals surface area contributed by atoms with Gasteiger partial charge in [-0.3, -0.25) is 9.59 Å². The zero-order valence-electron chi connectivity index (χ0n) is 11.2. The van der Waals surface area contributed by atoms with Crippen LogP contribution in [-0.2, 0) is 11.2 Å². The molecule has 0 atom stereocenters. The van der Waals surface area contributed by atoms with Gasteiger partial charge in [0.15, 0.2) is 11.5 Å². The highest BCUT2D eigenvalue weighted by atomic mass is 16.1. The van der Waals surface area contributed by atoms with Crippen molar-refractivity contribution in [2.24, 2.45) is 11.5 Å². The predicted octanol–water partition coefficient (Wildman–Crippen LogP) is 0.737. The van der Waals surface area contributed by atoms with Crippen LogP contribution in [0.25, 0.3) is 0 Å². The highest BCUT2D eigenvalue weighted by molar-refractivity contribution is 5.96. The third-order valence-electron chi connectivity index (χ3n) is 2.81. The van der Waals surface area contributed by atoms with Crippen molar-refractivity contribution >= 4 is 23.3 Å². The molecule has 1 heterocycles. The monoisotopic (exact) mass is 285 g/mol. The van der Waals surface area contributed by atoms with Crippen molar-refractivity contribution in [3.63, 3.8) is 0 Å². The molecule has 0 unspecified atom stereocenters. The van der Waals surface area contributed by atoms with Gasteiger partial charge >= 0.3 is 0 Å². The van der Waals surface area contributed by atoms with Crippen LogP contribution >= 0.6 is 0 Å². The molecule has 0 bridgehead atoms. The zero-order valence-corrected chi connectivity index (χ0v) is 11.2. The van der Waals surface area contributed by atoms with Crippen LogP contribution in [0.15, 0.2) is 36.7 Å². The highest BCUT2D eigenvalue weighted by Crippen LogP contribution is 2.17. The summed E-state index contributed by atoms with van der Waals surface area (Å²) in [5.41, 5.74) is 12.2. The van der Waals surface area contributed by atoms with Crippen molar-refractivity contribution < 1.29 is 9.59 Å². The van der Waals surface area contributed by atoms with E-state index in [1.807, 2.05) is 24.3 Å². The van der Waals surface area contributed by atoms with Gasteiger partial charge in [0.25, 0.3) is 5.91 Å². The Morgan fingerprint density at radius 1 is 1.05 bits per heavy atom. The first-order chi connectivity index (χ1) is 10.1. The molecule has 108 valence electrons. The first kappa shape index (κ1) is 14.4. The normalized spacial score (nSPS) is 10.1. The Hall–Kier alpha value is -2.96. The van der Waals surface area contributed by atoms with Gasteiger partial charge in [0.05, 0.1) is 0 Å². The quantitative estimate of drug-likeness (QED) is 0.722. The maximum absolute atomic E-state index is 11.3. The second kappa shape index (κ2) is 6.47. The molecule has 7 nitrogen and oxygen atoms in total. The number of nitrogens with one attached hydrogen (secondary N) is 1. The predicted molar refractivity (Wildman–Crippen MR) is 77.8 cm³/mol. The number of hydrogen-bond donors (Lipinski definition) is 3. The molecule has 0 saturated carbocycles. The summed E-state index contributed by atoms with van der Waals surface area (Å²) in [4.78, 5) is 29.9. The standard InChI is InChI=1S/C14H15N5O2/c15-11(20)6-3-9-1-4-10(5-2-9)19-14-12(13(16)21)17-7-8-18-14/h1-2,4-5,7-8H,3,6H2,(H2,15,20)(H2,16,21)(H,18,19). The van der Waals surface area contributed by atoms with Gasteiger partial charge in [0, 0.05) is 24.5 Å². The van der Waals surface area contributed by atoms with Crippen LogP contribution in [0, 0.1) is 0 Å². The van der Waals surface area contributed by atoms with Crippen molar-refractivity contribution in [1.82, 2.24) is 9.97 Å². The molecule has 0 aliphatic heterocycles. The average Bonchev–Trinajstić information content (AvgIpc) is 2.47. The number of primary amides is 2. The first-order valence-electron chi connectivity index (χ1n) is 6.31. The van der Waals surface area contributed by atoms with E-state index in [4.69, 9.17) is 11.5 Å². The first-order valence-corrected chi connectivity index (χ1v) is 6.31. The van der Waals surface area contributed by atoms with Gasteiger partial charge in [-0.25, -0.2) is 9.97 Å². The molecule has 2 rings (SSSR count). The lowest BCUT2D eigenvalue weighted by molar-refractivity contribution is -0.117. The van der Waals surface area contributed by atoms with Gasteiger partial charge in [0.1, 0.15) is 0 Å². The summed E-state index contributed by atoms with van der Waals surface area (Å²) in [6.07, 6.45) is 3.77. The third-order valence-corrected chi connectivity index (χ3v) is 2.81. The van der Waals surface area contributed by atoms with E-state index in [0.717, 1.165) is 11.3 Å². The fourth-order valence-electron chi connectivity index (χ4n) is 1.77. The summed E-state index contributed by atoms with van der Waals surface area (Å²) >= 11 is 0. The zero-order chi connectivity index (χ0) is 15.2. The largest absolute Gasteiger partial charge is 0.370 e. The highest BCUT2D eigenvalue weighted by Gasteiger charge is 2.10. The smallest absolute Gasteiger partial charge is 0.271 e. The summed E-state index contributed by atoms with van der Waals surface area (Å²) in [5.74, 6) is -0.679. The molecule has 0 aliphatic rings. The maximum atomic E-state index is 11.3. The Morgan fingerprint density at radius 3 is 2.33 bits per heavy atom. The molecular weight excluding hydrogens is 270 g/mol. The van der Waals surface area contributed by atoms with E-state index in [-0.39, 0.29) is 11.6 Å². The van der Waals surface area contributed by atoms with Crippen molar-refractivity contribution in [3.8, 4) is 0 Å². The summed E-state index contributed by atoms with van der Waals surface area (Å²) in [7, 11) is 0. The summed E-state index contributed by atoms with van der Waals surface area (Å²) < 4.78 is 0. The summed E-state index contributed by atoms with van der Waals surface area (Å²) in [6.45, 7) is 0. The number of aryl methyl sites for hydroxylation is 1. The van der Waals surface area contributed by atoms with Crippen molar-refractivity contribution in [2.75, 3.05) is 5.32 Å². The summed E-state index contributed by atoms with van der Waals surface area (Å²) in [5, 5.41) is 2.98. The number of nitrogens with zero attached hydrogens (tertiary/aromatic N) is 2. The number of amides is 2. The topological polar surface area (TPSA) is 124 Å². The lowest BCUT2D eigenvalue weighted by Gasteiger charge is -2.08. The Bertz CT molecular complexity index is 655. The molecule has 0 spiro atoms. The molecule has 1 aromatic heterocycles. The number of carbonyl (C=O) groups excluding carboxylic acids is 2. The van der Waals surface area contributed by atoms with Gasteiger partial charge in [-0.1, -0.05) is 12.1 Å². The molecule has 2 aromatic rings. The number of aromatic nitrogens is 2. The molecular formula is C14H15N5O2. The molecule has 0 radical (unpaired) electrons. The number of hydrogen-bond acceptors (Lipinski definition) is 5. The molecule has 1 aromatic carbocycles. The minimum atomic E-state index is -0.649. The Labute approximate surface area is 121 Å². The van der Waals surface area contributed by atoms with E-state index in [2.05, 4.69) is 15.3 Å². The second-order valence-electron chi connectivity index (χ2n) is 4.41. The van der Waals surface area contributed by atoms with Crippen LogP contribution in [-0.4, -0.2) is 21.8 Å². The van der Waals surface area contributed by atoms with Crippen molar-refractivity contribution in [2.45, 2.75) is 12.8 Å². The average molecular weight is 285 g/mol. The van der Waals surface area contributed by atoms with Crippen LogP contribution in [0.1, 0.15) is 22.5 Å². The van der Waals surface area contributed by atoms with E-state index >= 15 is 0 Å². The molecule has 5 N–H and O–H groups in total. The molecule has 21 heavy (non-hydrogen) atoms. The Balaban J connectivity index is 2.10. The van der Waals surface area contributed by atoms with Gasteiger partial charge in [-0.05, 0) is 24.1 Å². The lowest BCUT2D eigenvalue weighted by Crippen LogP contribution is -2.16. The molecule has 7 heteroatoms. The number of nitrogens with two attached hydrogens (primary N) is 2. The second-order valence-corrected chi connectivity index (χ2v) is 4.41. The van der Waals surface area contributed by atoms with Gasteiger partial charge < -0.3 is 16.8 Å². The number of carbonyl (C=O) groups is 2. The fourth-order valence-corrected chi connectivity index (χ4v) is 1.77. The Morgan fingerprint density at radius 2 is 1.71 bits per heavy atom. The lowest BCUT2D eigenvalue weighted by atomic mass is 10.1. The van der Waals surface area contributed by atoms with Crippen LogP contribution in [0.3, 0.4) is 0 Å². The Kier molecular flexibility index (Phi) is 4.45. The van der Waals surface area contributed by atoms with Gasteiger partial charge in [0.2, 0.25) is 5.91 Å². The third kappa shape index (κ3) is 4.00. The van der Waals surface area contributed by atoms with E-state index in [1.54, 1.807) is 0 Å². The minimum Gasteiger partial charge on any atom is -0.370 e. The van der Waals surface area contributed by atoms with E-state index in [0.29, 0.717) is 18.7 Å². The van der Waals surface area contributed by atoms with Crippen LogP contribution in [0.2, 0.25) is 0 Å². The number of benzene rings is 1. The van der Waals surface area contributed by atoms with E-state index < -0.39 is 5.91 Å². The van der Waals surface area contributed by atoms with Crippen LogP contribution in [0.5, 0.6) is 0 Å². The van der Waals surface area contributed by atoms with E-state index in [9.17, 15) is 9.59 Å². The molecule has 2 amide bonds. The van der Waals surface area contributed by atoms with Crippen molar-refractivity contribution in [3.05, 3.63) is 47.9 Å².